The molecule has 6 heteroatoms. The molecule has 0 aliphatic heterocycles. The summed E-state index contributed by atoms with van der Waals surface area (Å²) < 4.78 is 13.0. The number of nitrogens with zero attached hydrogens (tertiary/aromatic N) is 2. The van der Waals surface area contributed by atoms with Gasteiger partial charge in [0.15, 0.2) is 0 Å². The molecule has 0 fully saturated rings. The van der Waals surface area contributed by atoms with Crippen LogP contribution in [0.25, 0.3) is 0 Å². The summed E-state index contributed by atoms with van der Waals surface area (Å²) in [5.74, 6) is 0.910. The van der Waals surface area contributed by atoms with Gasteiger partial charge < -0.3 is 18.7 Å². The molecule has 0 saturated heterocycles. The quantitative estimate of drug-likeness (QED) is 0.144. The van der Waals surface area contributed by atoms with Crippen molar-refractivity contribution in [2.24, 2.45) is 0 Å². The lowest BCUT2D eigenvalue weighted by atomic mass is 10.2. The Morgan fingerprint density at radius 3 is 1.27 bits per heavy atom. The Bertz CT molecular complexity index is 322. The van der Waals surface area contributed by atoms with E-state index in [1.807, 2.05) is 0 Å². The van der Waals surface area contributed by atoms with E-state index >= 15 is 0 Å². The van der Waals surface area contributed by atoms with Crippen molar-refractivity contribution in [3.05, 3.63) is 0 Å². The molecule has 0 saturated carbocycles. The lowest BCUT2D eigenvalue weighted by molar-refractivity contribution is 0.128. The first kappa shape index (κ1) is 30.4. The van der Waals surface area contributed by atoms with Crippen molar-refractivity contribution in [3.8, 4) is 0 Å². The van der Waals surface area contributed by atoms with Crippen LogP contribution >= 0.6 is 12.6 Å². The van der Waals surface area contributed by atoms with Gasteiger partial charge >= 0.3 is 8.56 Å². The van der Waals surface area contributed by atoms with Gasteiger partial charge in [-0.1, -0.05) is 53.4 Å². The molecule has 0 amide bonds. The molecular formula is C24H54N2O2SSi. The first-order valence-corrected chi connectivity index (χ1v) is 16.0. The van der Waals surface area contributed by atoms with Crippen molar-refractivity contribution in [1.82, 2.24) is 9.80 Å². The van der Waals surface area contributed by atoms with Crippen molar-refractivity contribution in [2.45, 2.75) is 98.1 Å². The first-order chi connectivity index (χ1) is 14.5. The average molecular weight is 463 g/mol. The molecule has 0 rings (SSSR count). The van der Waals surface area contributed by atoms with Gasteiger partial charge in [-0.3, -0.25) is 0 Å². The lowest BCUT2D eigenvalue weighted by Gasteiger charge is -2.30. The fourth-order valence-electron chi connectivity index (χ4n) is 3.57. The van der Waals surface area contributed by atoms with Crippen LogP contribution in [0.5, 0.6) is 0 Å². The number of hydrogen-bond acceptors (Lipinski definition) is 5. The van der Waals surface area contributed by atoms with E-state index in [1.54, 1.807) is 0 Å². The summed E-state index contributed by atoms with van der Waals surface area (Å²) in [7, 11) is -2.13. The van der Waals surface area contributed by atoms with E-state index in [0.717, 1.165) is 44.5 Å². The van der Waals surface area contributed by atoms with Crippen molar-refractivity contribution >= 4 is 21.2 Å². The van der Waals surface area contributed by atoms with Crippen LogP contribution in [0.2, 0.25) is 12.6 Å². The van der Waals surface area contributed by atoms with Crippen molar-refractivity contribution in [3.63, 3.8) is 0 Å². The van der Waals surface area contributed by atoms with Crippen LogP contribution in [0.1, 0.15) is 85.5 Å². The molecule has 0 atom stereocenters. The monoisotopic (exact) mass is 462 g/mol. The molecule has 0 aromatic heterocycles. The maximum Gasteiger partial charge on any atom is 0.335 e. The SMILES string of the molecule is CCCCN(CCCC)CCO[Si](C)(CCCS)OCCN(CCCC)CCCC. The van der Waals surface area contributed by atoms with E-state index in [9.17, 15) is 0 Å². The van der Waals surface area contributed by atoms with E-state index in [4.69, 9.17) is 8.85 Å². The molecule has 0 radical (unpaired) electrons. The Morgan fingerprint density at radius 2 is 0.967 bits per heavy atom. The molecule has 0 aromatic rings. The highest BCUT2D eigenvalue weighted by atomic mass is 32.1. The summed E-state index contributed by atoms with van der Waals surface area (Å²) in [5.41, 5.74) is 0. The zero-order valence-corrected chi connectivity index (χ0v) is 23.0. The third-order valence-electron chi connectivity index (χ3n) is 5.73. The van der Waals surface area contributed by atoms with Gasteiger partial charge in [0.25, 0.3) is 0 Å². The van der Waals surface area contributed by atoms with Crippen LogP contribution in [0.15, 0.2) is 0 Å². The molecule has 0 bridgehead atoms. The third kappa shape index (κ3) is 17.0. The van der Waals surface area contributed by atoms with E-state index in [-0.39, 0.29) is 0 Å². The van der Waals surface area contributed by atoms with Crippen molar-refractivity contribution in [1.29, 1.82) is 0 Å². The fraction of sp³-hybridized carbons (Fsp3) is 1.00. The number of hydrogen-bond donors (Lipinski definition) is 1. The van der Waals surface area contributed by atoms with Crippen molar-refractivity contribution < 1.29 is 8.85 Å². The lowest BCUT2D eigenvalue weighted by Crippen LogP contribution is -2.43. The van der Waals surface area contributed by atoms with Gasteiger partial charge in [-0.25, -0.2) is 0 Å². The van der Waals surface area contributed by atoms with Gasteiger partial charge in [0.05, 0.1) is 0 Å². The highest BCUT2D eigenvalue weighted by molar-refractivity contribution is 7.80. The Kier molecular flexibility index (Phi) is 21.6. The minimum absolute atomic E-state index is 0.804. The summed E-state index contributed by atoms with van der Waals surface area (Å²) in [6.45, 7) is 19.8. The molecule has 30 heavy (non-hydrogen) atoms. The van der Waals surface area contributed by atoms with Gasteiger partial charge in [0, 0.05) is 26.3 Å². The topological polar surface area (TPSA) is 24.9 Å². The van der Waals surface area contributed by atoms with Crippen LogP contribution in [0.4, 0.5) is 0 Å². The van der Waals surface area contributed by atoms with Gasteiger partial charge in [0.1, 0.15) is 0 Å². The molecule has 0 spiro atoms. The van der Waals surface area contributed by atoms with Crippen LogP contribution in [0, 0.1) is 0 Å². The third-order valence-corrected chi connectivity index (χ3v) is 8.94. The second-order valence-corrected chi connectivity index (χ2v) is 12.5. The Hall–Kier alpha value is 0.407. The summed E-state index contributed by atoms with van der Waals surface area (Å²) >= 11 is 4.43. The minimum Gasteiger partial charge on any atom is -0.393 e. The molecule has 182 valence electrons. The van der Waals surface area contributed by atoms with Gasteiger partial charge in [-0.15, -0.1) is 0 Å². The van der Waals surface area contributed by atoms with Gasteiger partial charge in [-0.2, -0.15) is 12.6 Å². The minimum atomic E-state index is -2.13. The smallest absolute Gasteiger partial charge is 0.335 e. The van der Waals surface area contributed by atoms with Crippen LogP contribution < -0.4 is 0 Å². The molecular weight excluding hydrogens is 408 g/mol. The highest BCUT2D eigenvalue weighted by Gasteiger charge is 2.31. The Balaban J connectivity index is 4.56. The second-order valence-electron chi connectivity index (χ2n) is 8.76. The fourth-order valence-corrected chi connectivity index (χ4v) is 6.26. The second kappa shape index (κ2) is 21.3. The molecule has 0 heterocycles. The van der Waals surface area contributed by atoms with Crippen LogP contribution in [-0.2, 0) is 8.85 Å². The summed E-state index contributed by atoms with van der Waals surface area (Å²) in [6.07, 6.45) is 11.2. The molecule has 0 unspecified atom stereocenters. The van der Waals surface area contributed by atoms with E-state index < -0.39 is 8.56 Å². The predicted octanol–water partition coefficient (Wildman–Crippen LogP) is 6.22. The molecule has 0 aromatic carbocycles. The standard InChI is InChI=1S/C24H54N2O2SSi/c1-6-10-15-25(16-11-7-2)19-21-27-30(5,24-14-23-29)28-22-20-26(17-12-8-3)18-13-9-4/h29H,6-24H2,1-5H3. The van der Waals surface area contributed by atoms with Crippen LogP contribution in [-0.4, -0.2) is 76.6 Å². The largest absolute Gasteiger partial charge is 0.393 e. The number of rotatable bonds is 23. The molecule has 0 aliphatic carbocycles. The summed E-state index contributed by atoms with van der Waals surface area (Å²) in [4.78, 5) is 5.16. The van der Waals surface area contributed by atoms with E-state index in [1.165, 1.54) is 77.5 Å². The zero-order valence-electron chi connectivity index (χ0n) is 21.1. The van der Waals surface area contributed by atoms with Gasteiger partial charge in [0.2, 0.25) is 0 Å². The molecule has 0 aliphatic rings. The number of unbranched alkanes of at least 4 members (excludes halogenated alkanes) is 4. The van der Waals surface area contributed by atoms with Crippen molar-refractivity contribution in [2.75, 3.05) is 58.2 Å². The Labute approximate surface area is 196 Å². The van der Waals surface area contributed by atoms with Gasteiger partial charge in [-0.05, 0) is 76.6 Å². The van der Waals surface area contributed by atoms with Crippen LogP contribution in [0.3, 0.4) is 0 Å². The number of thiol groups is 1. The highest BCUT2D eigenvalue weighted by Crippen LogP contribution is 2.17. The maximum atomic E-state index is 6.49. The zero-order chi connectivity index (χ0) is 22.5. The average Bonchev–Trinajstić information content (AvgIpc) is 2.75. The van der Waals surface area contributed by atoms with E-state index in [0.29, 0.717) is 0 Å². The normalized spacial score (nSPS) is 12.4. The first-order valence-electron chi connectivity index (χ1n) is 12.9. The molecule has 4 nitrogen and oxygen atoms in total. The maximum absolute atomic E-state index is 6.49. The summed E-state index contributed by atoms with van der Waals surface area (Å²) in [5, 5.41) is 0. The summed E-state index contributed by atoms with van der Waals surface area (Å²) in [6, 6.07) is 1.05. The van der Waals surface area contributed by atoms with E-state index in [2.05, 4.69) is 56.7 Å². The molecule has 0 N–H and O–H groups in total. The Morgan fingerprint density at radius 1 is 0.600 bits per heavy atom. The predicted molar refractivity (Wildman–Crippen MR) is 139 cm³/mol.